The number of carbonyl (C=O) groups is 2. The van der Waals surface area contributed by atoms with Crippen LogP contribution in [0.1, 0.15) is 22.5 Å². The molecule has 0 unspecified atom stereocenters. The summed E-state index contributed by atoms with van der Waals surface area (Å²) in [5, 5.41) is 3.65. The molecule has 1 aromatic heterocycles. The van der Waals surface area contributed by atoms with Gasteiger partial charge in [-0.15, -0.1) is 0 Å². The minimum absolute atomic E-state index is 0.0334. The summed E-state index contributed by atoms with van der Waals surface area (Å²) in [5.41, 5.74) is 0. The summed E-state index contributed by atoms with van der Waals surface area (Å²) in [4.78, 5) is 28.3. The number of amides is 1. The first-order chi connectivity index (χ1) is 8.10. The van der Waals surface area contributed by atoms with E-state index < -0.39 is 0 Å². The van der Waals surface area contributed by atoms with Crippen molar-refractivity contribution in [1.29, 1.82) is 0 Å². The lowest BCUT2D eigenvalue weighted by molar-refractivity contribution is -0.119. The van der Waals surface area contributed by atoms with Crippen LogP contribution >= 0.6 is 22.9 Å². The highest BCUT2D eigenvalue weighted by molar-refractivity contribution is 7.17. The predicted molar refractivity (Wildman–Crippen MR) is 66.9 cm³/mol. The molecule has 1 N–H and O–H groups in total. The third-order valence-electron chi connectivity index (χ3n) is 2.36. The maximum atomic E-state index is 11.6. The van der Waals surface area contributed by atoms with Crippen molar-refractivity contribution in [3.05, 3.63) is 10.0 Å². The van der Waals surface area contributed by atoms with Crippen molar-refractivity contribution in [2.24, 2.45) is 0 Å². The van der Waals surface area contributed by atoms with Crippen LogP contribution < -0.4 is 10.2 Å². The van der Waals surface area contributed by atoms with E-state index in [0.717, 1.165) is 12.8 Å². The number of hydrogen-bond donors (Lipinski definition) is 1. The Morgan fingerprint density at radius 1 is 1.71 bits per heavy atom. The normalized spacial score (nSPS) is 14.5. The van der Waals surface area contributed by atoms with Crippen molar-refractivity contribution in [1.82, 2.24) is 10.3 Å². The molecule has 1 aromatic rings. The average Bonchev–Trinajstić information content (AvgIpc) is 2.99. The maximum Gasteiger partial charge on any atom is 0.239 e. The fourth-order valence-corrected chi connectivity index (χ4v) is 2.34. The Bertz CT molecular complexity index is 445. The fraction of sp³-hybridized carbons (Fsp3) is 0.500. The van der Waals surface area contributed by atoms with Crippen LogP contribution in [-0.4, -0.2) is 36.8 Å². The van der Waals surface area contributed by atoms with Gasteiger partial charge in [0.2, 0.25) is 5.91 Å². The van der Waals surface area contributed by atoms with E-state index in [9.17, 15) is 9.59 Å². The zero-order valence-corrected chi connectivity index (χ0v) is 10.8. The van der Waals surface area contributed by atoms with E-state index in [0.29, 0.717) is 22.3 Å². The van der Waals surface area contributed by atoms with Gasteiger partial charge in [0.15, 0.2) is 16.6 Å². The predicted octanol–water partition coefficient (Wildman–Crippen LogP) is 1.32. The van der Waals surface area contributed by atoms with Crippen LogP contribution in [0.15, 0.2) is 0 Å². The van der Waals surface area contributed by atoms with E-state index in [-0.39, 0.29) is 17.6 Å². The van der Waals surface area contributed by atoms with Crippen LogP contribution in [0.2, 0.25) is 5.15 Å². The number of thiazole rings is 1. The molecule has 1 heterocycles. The van der Waals surface area contributed by atoms with Crippen molar-refractivity contribution >= 4 is 40.3 Å². The highest BCUT2D eigenvalue weighted by atomic mass is 35.5. The van der Waals surface area contributed by atoms with Gasteiger partial charge < -0.3 is 10.2 Å². The monoisotopic (exact) mass is 273 g/mol. The van der Waals surface area contributed by atoms with Gasteiger partial charge >= 0.3 is 0 Å². The van der Waals surface area contributed by atoms with Crippen molar-refractivity contribution in [2.75, 3.05) is 18.5 Å². The highest BCUT2D eigenvalue weighted by Crippen LogP contribution is 2.27. The first-order valence-electron chi connectivity index (χ1n) is 5.22. The molecule has 0 spiro atoms. The number of likely N-dealkylation sites (N-methyl/N-ethyl adjacent to an activating group) is 1. The first-order valence-corrected chi connectivity index (χ1v) is 6.41. The number of halogens is 1. The van der Waals surface area contributed by atoms with Gasteiger partial charge in [-0.1, -0.05) is 22.9 Å². The second-order valence-electron chi connectivity index (χ2n) is 3.97. The van der Waals surface area contributed by atoms with Gasteiger partial charge in [0, 0.05) is 13.1 Å². The number of hydrogen-bond acceptors (Lipinski definition) is 5. The number of anilines is 1. The number of aromatic nitrogens is 1. The van der Waals surface area contributed by atoms with Crippen molar-refractivity contribution < 1.29 is 9.59 Å². The van der Waals surface area contributed by atoms with Gasteiger partial charge in [0.05, 0.1) is 6.54 Å². The minimum atomic E-state index is -0.0334. The van der Waals surface area contributed by atoms with E-state index in [1.165, 1.54) is 11.3 Å². The molecule has 2 rings (SSSR count). The van der Waals surface area contributed by atoms with E-state index in [2.05, 4.69) is 10.3 Å². The summed E-state index contributed by atoms with van der Waals surface area (Å²) in [6, 6.07) is 0.348. The topological polar surface area (TPSA) is 62.3 Å². The molecule has 0 bridgehead atoms. The lowest BCUT2D eigenvalue weighted by Crippen LogP contribution is -2.36. The smallest absolute Gasteiger partial charge is 0.239 e. The van der Waals surface area contributed by atoms with Gasteiger partial charge in [0.1, 0.15) is 4.88 Å². The third-order valence-corrected chi connectivity index (χ3v) is 3.85. The quantitative estimate of drug-likeness (QED) is 0.822. The Labute approximate surface area is 108 Å². The summed E-state index contributed by atoms with van der Waals surface area (Å²) < 4.78 is 0. The molecule has 1 aliphatic rings. The number of carbonyl (C=O) groups excluding carboxylic acids is 2. The largest absolute Gasteiger partial charge is 0.352 e. The standard InChI is InChI=1S/C10H12ClN3O2S/c1-14(4-8(16)12-6-2-3-6)10-13-9(11)7(5-15)17-10/h5-6H,2-4H2,1H3,(H,12,16). The molecule has 1 aliphatic carbocycles. The molecular formula is C10H12ClN3O2S. The van der Waals surface area contributed by atoms with Gasteiger partial charge in [-0.05, 0) is 12.8 Å². The summed E-state index contributed by atoms with van der Waals surface area (Å²) in [5.74, 6) is -0.0334. The van der Waals surface area contributed by atoms with Crippen molar-refractivity contribution in [2.45, 2.75) is 18.9 Å². The van der Waals surface area contributed by atoms with E-state index in [1.807, 2.05) is 0 Å². The maximum absolute atomic E-state index is 11.6. The van der Waals surface area contributed by atoms with Crippen LogP contribution in [0.3, 0.4) is 0 Å². The fourth-order valence-electron chi connectivity index (χ4n) is 1.32. The zero-order valence-electron chi connectivity index (χ0n) is 9.27. The average molecular weight is 274 g/mol. The van der Waals surface area contributed by atoms with E-state index >= 15 is 0 Å². The van der Waals surface area contributed by atoms with Gasteiger partial charge in [0.25, 0.3) is 0 Å². The highest BCUT2D eigenvalue weighted by Gasteiger charge is 2.24. The Morgan fingerprint density at radius 2 is 2.41 bits per heavy atom. The Morgan fingerprint density at radius 3 is 2.94 bits per heavy atom. The summed E-state index contributed by atoms with van der Waals surface area (Å²) in [7, 11) is 1.75. The Balaban J connectivity index is 1.95. The molecule has 1 saturated carbocycles. The zero-order chi connectivity index (χ0) is 12.4. The van der Waals surface area contributed by atoms with Crippen molar-refractivity contribution in [3.8, 4) is 0 Å². The summed E-state index contributed by atoms with van der Waals surface area (Å²) in [6.45, 7) is 0.221. The second kappa shape index (κ2) is 5.01. The molecular weight excluding hydrogens is 262 g/mol. The van der Waals surface area contributed by atoms with Gasteiger partial charge in [-0.2, -0.15) is 0 Å². The van der Waals surface area contributed by atoms with E-state index in [1.54, 1.807) is 11.9 Å². The molecule has 1 amide bonds. The first kappa shape index (κ1) is 12.3. The molecule has 92 valence electrons. The number of aldehydes is 1. The molecule has 7 heteroatoms. The molecule has 1 fully saturated rings. The third kappa shape index (κ3) is 3.17. The van der Waals surface area contributed by atoms with Gasteiger partial charge in [-0.25, -0.2) is 4.98 Å². The lowest BCUT2D eigenvalue weighted by Gasteiger charge is -2.14. The summed E-state index contributed by atoms with van der Waals surface area (Å²) in [6.07, 6.45) is 2.79. The molecule has 0 atom stereocenters. The molecule has 0 aliphatic heterocycles. The van der Waals surface area contributed by atoms with Crippen LogP contribution in [0.25, 0.3) is 0 Å². The Hall–Kier alpha value is -1.14. The minimum Gasteiger partial charge on any atom is -0.352 e. The second-order valence-corrected chi connectivity index (χ2v) is 5.33. The van der Waals surface area contributed by atoms with Gasteiger partial charge in [-0.3, -0.25) is 9.59 Å². The molecule has 0 aromatic carbocycles. The molecule has 0 radical (unpaired) electrons. The van der Waals surface area contributed by atoms with E-state index in [4.69, 9.17) is 11.6 Å². The van der Waals surface area contributed by atoms with Crippen LogP contribution in [-0.2, 0) is 4.79 Å². The SMILES string of the molecule is CN(CC(=O)NC1CC1)c1nc(Cl)c(C=O)s1. The van der Waals surface area contributed by atoms with Crippen LogP contribution in [0.5, 0.6) is 0 Å². The van der Waals surface area contributed by atoms with Crippen LogP contribution in [0, 0.1) is 0 Å². The Kier molecular flexibility index (Phi) is 3.63. The molecule has 17 heavy (non-hydrogen) atoms. The lowest BCUT2D eigenvalue weighted by atomic mass is 10.5. The number of nitrogens with zero attached hydrogens (tertiary/aromatic N) is 2. The van der Waals surface area contributed by atoms with Crippen molar-refractivity contribution in [3.63, 3.8) is 0 Å². The van der Waals surface area contributed by atoms with Crippen LogP contribution in [0.4, 0.5) is 5.13 Å². The molecule has 0 saturated heterocycles. The number of nitrogens with one attached hydrogen (secondary N) is 1. The number of rotatable bonds is 5. The molecule has 5 nitrogen and oxygen atoms in total. The summed E-state index contributed by atoms with van der Waals surface area (Å²) >= 11 is 6.94.